The maximum atomic E-state index is 13.0. The van der Waals surface area contributed by atoms with Gasteiger partial charge < -0.3 is 18.6 Å². The smallest absolute Gasteiger partial charge is 0.271 e. The first-order valence-electron chi connectivity index (χ1n) is 9.89. The van der Waals surface area contributed by atoms with E-state index in [4.69, 9.17) is 14.2 Å². The van der Waals surface area contributed by atoms with Crippen molar-refractivity contribution in [1.29, 1.82) is 0 Å². The van der Waals surface area contributed by atoms with E-state index in [9.17, 15) is 18.5 Å². The van der Waals surface area contributed by atoms with Crippen LogP contribution in [-0.4, -0.2) is 36.9 Å². The Bertz CT molecular complexity index is 1430. The molecule has 0 aliphatic heterocycles. The fourth-order valence-corrected chi connectivity index (χ4v) is 4.50. The molecule has 34 heavy (non-hydrogen) atoms. The second-order valence-electron chi connectivity index (χ2n) is 7.05. The Morgan fingerprint density at radius 3 is 2.50 bits per heavy atom. The summed E-state index contributed by atoms with van der Waals surface area (Å²) >= 11 is 0. The van der Waals surface area contributed by atoms with Crippen LogP contribution in [0.1, 0.15) is 5.69 Å². The number of hydrogen-bond donors (Lipinski definition) is 1. The largest absolute Gasteiger partial charge is 0.495 e. The minimum absolute atomic E-state index is 0.0325. The van der Waals surface area contributed by atoms with Gasteiger partial charge in [0.05, 0.1) is 30.5 Å². The third-order valence-corrected chi connectivity index (χ3v) is 6.26. The summed E-state index contributed by atoms with van der Waals surface area (Å²) in [6.45, 7) is 0.118. The fraction of sp³-hybridized carbons (Fsp3) is 0.136. The molecule has 176 valence electrons. The van der Waals surface area contributed by atoms with Crippen LogP contribution in [0.2, 0.25) is 0 Å². The third-order valence-electron chi connectivity index (χ3n) is 4.85. The average molecular weight is 484 g/mol. The number of nitrogens with one attached hydrogen (secondary N) is 1. The van der Waals surface area contributed by atoms with Crippen LogP contribution in [0.5, 0.6) is 17.2 Å². The lowest BCUT2D eigenvalue weighted by molar-refractivity contribution is -0.385. The zero-order valence-corrected chi connectivity index (χ0v) is 19.0. The van der Waals surface area contributed by atoms with Gasteiger partial charge in [0.1, 0.15) is 22.9 Å². The Labute approximate surface area is 194 Å². The highest BCUT2D eigenvalue weighted by Gasteiger charge is 2.24. The van der Waals surface area contributed by atoms with Crippen LogP contribution in [0, 0.1) is 10.1 Å². The number of nitro benzene ring substituents is 1. The maximum Gasteiger partial charge on any atom is 0.271 e. The number of imidazole rings is 1. The van der Waals surface area contributed by atoms with E-state index >= 15 is 0 Å². The molecule has 2 aromatic carbocycles. The number of benzene rings is 2. The molecule has 4 rings (SSSR count). The van der Waals surface area contributed by atoms with Crippen molar-refractivity contribution < 1.29 is 27.6 Å². The number of sulfonamides is 1. The van der Waals surface area contributed by atoms with E-state index in [1.54, 1.807) is 6.07 Å². The number of methoxy groups -OCH3 is 2. The van der Waals surface area contributed by atoms with Gasteiger partial charge >= 0.3 is 0 Å². The standard InChI is InChI=1S/C22H20N4O7S/c1-31-18-8-6-15(11-20(18)33-14-16-13-25-10-4-3-5-22(25)23-16)24-34(29,30)21-12-17(26(27)28)7-9-19(21)32-2/h3-13,24H,14H2,1-2H3. The molecule has 2 aromatic heterocycles. The van der Waals surface area contributed by atoms with E-state index in [1.807, 2.05) is 35.0 Å². The van der Waals surface area contributed by atoms with E-state index in [1.165, 1.54) is 32.4 Å². The quantitative estimate of drug-likeness (QED) is 0.281. The predicted octanol–water partition coefficient (Wildman–Crippen LogP) is 3.64. The SMILES string of the molecule is COc1ccc(NS(=O)(=O)c2cc([N+](=O)[O-])ccc2OC)cc1OCc1cn2ccccc2n1. The number of aromatic nitrogens is 2. The van der Waals surface area contributed by atoms with Gasteiger partial charge in [0.25, 0.3) is 15.7 Å². The van der Waals surface area contributed by atoms with Crippen LogP contribution >= 0.6 is 0 Å². The molecule has 0 amide bonds. The van der Waals surface area contributed by atoms with Crippen molar-refractivity contribution >= 4 is 27.0 Å². The molecule has 0 atom stereocenters. The number of non-ortho nitro benzene ring substituents is 1. The van der Waals surface area contributed by atoms with Crippen molar-refractivity contribution in [2.75, 3.05) is 18.9 Å². The third kappa shape index (κ3) is 4.71. The first-order valence-corrected chi connectivity index (χ1v) is 11.4. The van der Waals surface area contributed by atoms with Crippen LogP contribution in [0.4, 0.5) is 11.4 Å². The zero-order chi connectivity index (χ0) is 24.3. The zero-order valence-electron chi connectivity index (χ0n) is 18.2. The minimum atomic E-state index is -4.22. The lowest BCUT2D eigenvalue weighted by Gasteiger charge is -2.14. The Morgan fingerprint density at radius 2 is 1.79 bits per heavy atom. The second-order valence-corrected chi connectivity index (χ2v) is 8.70. The molecule has 0 fully saturated rings. The molecule has 0 spiro atoms. The van der Waals surface area contributed by atoms with Gasteiger partial charge in [-0.25, -0.2) is 13.4 Å². The van der Waals surface area contributed by atoms with E-state index in [0.717, 1.165) is 17.8 Å². The number of anilines is 1. The minimum Gasteiger partial charge on any atom is -0.495 e. The van der Waals surface area contributed by atoms with Gasteiger partial charge in [0.15, 0.2) is 11.5 Å². The van der Waals surface area contributed by atoms with Crippen LogP contribution in [0.25, 0.3) is 5.65 Å². The van der Waals surface area contributed by atoms with Crippen LogP contribution in [0.3, 0.4) is 0 Å². The summed E-state index contributed by atoms with van der Waals surface area (Å²) in [5.74, 6) is 0.639. The number of ether oxygens (including phenoxy) is 3. The number of fused-ring (bicyclic) bond motifs is 1. The molecular weight excluding hydrogens is 464 g/mol. The average Bonchev–Trinajstić information content (AvgIpc) is 3.25. The number of hydrogen-bond acceptors (Lipinski definition) is 8. The Morgan fingerprint density at radius 1 is 1.03 bits per heavy atom. The number of pyridine rings is 1. The second kappa shape index (κ2) is 9.27. The summed E-state index contributed by atoms with van der Waals surface area (Å²) in [6, 6.07) is 13.4. The van der Waals surface area contributed by atoms with E-state index < -0.39 is 14.9 Å². The van der Waals surface area contributed by atoms with Gasteiger partial charge in [0.2, 0.25) is 0 Å². The predicted molar refractivity (Wildman–Crippen MR) is 123 cm³/mol. The van der Waals surface area contributed by atoms with Crippen molar-refractivity contribution in [3.63, 3.8) is 0 Å². The highest BCUT2D eigenvalue weighted by atomic mass is 32.2. The van der Waals surface area contributed by atoms with Crippen molar-refractivity contribution in [2.45, 2.75) is 11.5 Å². The first-order chi connectivity index (χ1) is 16.3. The summed E-state index contributed by atoms with van der Waals surface area (Å²) in [7, 11) is -1.48. The molecule has 0 saturated carbocycles. The van der Waals surface area contributed by atoms with Crippen molar-refractivity contribution in [2.24, 2.45) is 0 Å². The van der Waals surface area contributed by atoms with Gasteiger partial charge in [-0.2, -0.15) is 0 Å². The summed E-state index contributed by atoms with van der Waals surface area (Å²) in [6.07, 6.45) is 3.69. The van der Waals surface area contributed by atoms with E-state index in [-0.39, 0.29) is 34.4 Å². The van der Waals surface area contributed by atoms with Gasteiger partial charge in [-0.05, 0) is 30.3 Å². The van der Waals surface area contributed by atoms with Gasteiger partial charge in [-0.15, -0.1) is 0 Å². The molecule has 12 heteroatoms. The molecule has 0 bridgehead atoms. The Hall–Kier alpha value is -4.32. The number of rotatable bonds is 9. The van der Waals surface area contributed by atoms with E-state index in [2.05, 4.69) is 9.71 Å². The molecule has 0 radical (unpaired) electrons. The molecule has 0 saturated heterocycles. The Kier molecular flexibility index (Phi) is 6.23. The van der Waals surface area contributed by atoms with Crippen molar-refractivity contribution in [1.82, 2.24) is 9.38 Å². The monoisotopic (exact) mass is 484 g/mol. The highest BCUT2D eigenvalue weighted by molar-refractivity contribution is 7.92. The molecule has 4 aromatic rings. The van der Waals surface area contributed by atoms with Crippen LogP contribution in [-0.2, 0) is 16.6 Å². The summed E-state index contributed by atoms with van der Waals surface area (Å²) in [5, 5.41) is 11.1. The maximum absolute atomic E-state index is 13.0. The molecular formula is C22H20N4O7S. The van der Waals surface area contributed by atoms with Crippen molar-refractivity contribution in [3.05, 3.63) is 82.8 Å². The number of nitro groups is 1. The molecule has 1 N–H and O–H groups in total. The van der Waals surface area contributed by atoms with E-state index in [0.29, 0.717) is 11.4 Å². The lowest BCUT2D eigenvalue weighted by atomic mass is 10.3. The Balaban J connectivity index is 1.60. The molecule has 0 aliphatic rings. The van der Waals surface area contributed by atoms with Gasteiger partial charge in [-0.1, -0.05) is 6.07 Å². The molecule has 0 unspecified atom stereocenters. The fourth-order valence-electron chi connectivity index (χ4n) is 3.26. The lowest BCUT2D eigenvalue weighted by Crippen LogP contribution is -2.14. The summed E-state index contributed by atoms with van der Waals surface area (Å²) in [4.78, 5) is 14.5. The topological polar surface area (TPSA) is 134 Å². The van der Waals surface area contributed by atoms with Gasteiger partial charge in [-0.3, -0.25) is 14.8 Å². The molecule has 0 aliphatic carbocycles. The molecule has 11 nitrogen and oxygen atoms in total. The highest BCUT2D eigenvalue weighted by Crippen LogP contribution is 2.34. The van der Waals surface area contributed by atoms with Crippen molar-refractivity contribution in [3.8, 4) is 17.2 Å². The first kappa shape index (κ1) is 22.9. The van der Waals surface area contributed by atoms with Gasteiger partial charge in [0, 0.05) is 30.6 Å². The number of nitrogens with zero attached hydrogens (tertiary/aromatic N) is 3. The summed E-state index contributed by atoms with van der Waals surface area (Å²) in [5.41, 5.74) is 1.22. The summed E-state index contributed by atoms with van der Waals surface area (Å²) < 4.78 is 46.5. The van der Waals surface area contributed by atoms with Crippen LogP contribution in [0.15, 0.2) is 71.9 Å². The van der Waals surface area contributed by atoms with Crippen LogP contribution < -0.4 is 18.9 Å². The normalized spacial score (nSPS) is 11.2. The molecule has 2 heterocycles.